The summed E-state index contributed by atoms with van der Waals surface area (Å²) in [6, 6.07) is 0.520. The molecule has 3 saturated heterocycles. The van der Waals surface area contributed by atoms with Gasteiger partial charge in [-0.2, -0.15) is 0 Å². The van der Waals surface area contributed by atoms with Crippen LogP contribution in [0.15, 0.2) is 0 Å². The molecular formula is C12H21NO2S. The third-order valence-corrected chi connectivity index (χ3v) is 5.29. The quantitative estimate of drug-likeness (QED) is 0.736. The molecular weight excluding hydrogens is 222 g/mol. The Morgan fingerprint density at radius 2 is 2.12 bits per heavy atom. The predicted molar refractivity (Wildman–Crippen MR) is 65.8 cm³/mol. The molecule has 0 N–H and O–H groups in total. The number of hydrogen-bond acceptors (Lipinski definition) is 4. The van der Waals surface area contributed by atoms with Crippen molar-refractivity contribution in [3.63, 3.8) is 0 Å². The third kappa shape index (κ3) is 2.26. The molecule has 3 atom stereocenters. The summed E-state index contributed by atoms with van der Waals surface area (Å²) in [7, 11) is 0. The summed E-state index contributed by atoms with van der Waals surface area (Å²) in [6.45, 7) is 3.83. The lowest BCUT2D eigenvalue weighted by atomic mass is 10.1. The van der Waals surface area contributed by atoms with E-state index < -0.39 is 0 Å². The molecule has 92 valence electrons. The smallest absolute Gasteiger partial charge is 0.0753 e. The normalized spacial score (nSPS) is 41.6. The van der Waals surface area contributed by atoms with Gasteiger partial charge >= 0.3 is 0 Å². The second kappa shape index (κ2) is 5.25. The number of rotatable bonds is 2. The Balaban J connectivity index is 1.67. The van der Waals surface area contributed by atoms with Crippen LogP contribution in [0.4, 0.5) is 0 Å². The topological polar surface area (TPSA) is 21.7 Å². The Morgan fingerprint density at radius 1 is 1.12 bits per heavy atom. The average molecular weight is 243 g/mol. The molecule has 16 heavy (non-hydrogen) atoms. The first kappa shape index (κ1) is 11.3. The zero-order valence-electron chi connectivity index (χ0n) is 9.77. The first-order valence-corrected chi connectivity index (χ1v) is 7.57. The Bertz CT molecular complexity index is 203. The van der Waals surface area contributed by atoms with Crippen LogP contribution in [0.3, 0.4) is 0 Å². The van der Waals surface area contributed by atoms with Crippen molar-refractivity contribution < 1.29 is 9.47 Å². The average Bonchev–Trinajstić information content (AvgIpc) is 3.03. The molecule has 0 aromatic heterocycles. The van der Waals surface area contributed by atoms with Crippen LogP contribution in [0.2, 0.25) is 0 Å². The zero-order chi connectivity index (χ0) is 10.8. The number of nitrogens with zero attached hydrogens (tertiary/aromatic N) is 1. The minimum Gasteiger partial charge on any atom is -0.378 e. The maximum Gasteiger partial charge on any atom is 0.0753 e. The van der Waals surface area contributed by atoms with Gasteiger partial charge in [-0.15, -0.1) is 11.8 Å². The predicted octanol–water partition coefficient (Wildman–Crippen LogP) is 1.72. The van der Waals surface area contributed by atoms with Gasteiger partial charge in [-0.05, 0) is 31.4 Å². The molecule has 3 fully saturated rings. The van der Waals surface area contributed by atoms with Crippen LogP contribution in [-0.2, 0) is 9.47 Å². The summed E-state index contributed by atoms with van der Waals surface area (Å²) < 4.78 is 11.5. The van der Waals surface area contributed by atoms with Crippen LogP contribution in [0.25, 0.3) is 0 Å². The molecule has 3 aliphatic rings. The van der Waals surface area contributed by atoms with Gasteiger partial charge in [0.05, 0.1) is 30.7 Å². The van der Waals surface area contributed by atoms with Gasteiger partial charge in [-0.1, -0.05) is 0 Å². The van der Waals surface area contributed by atoms with Gasteiger partial charge in [-0.25, -0.2) is 0 Å². The maximum absolute atomic E-state index is 5.85. The van der Waals surface area contributed by atoms with E-state index in [0.29, 0.717) is 12.1 Å². The Labute approximate surface area is 102 Å². The molecule has 3 aliphatic heterocycles. The summed E-state index contributed by atoms with van der Waals surface area (Å²) in [5.74, 6) is 1.33. The fraction of sp³-hybridized carbons (Fsp3) is 1.00. The van der Waals surface area contributed by atoms with Crippen LogP contribution in [-0.4, -0.2) is 54.5 Å². The van der Waals surface area contributed by atoms with Gasteiger partial charge in [0.25, 0.3) is 0 Å². The fourth-order valence-electron chi connectivity index (χ4n) is 3.04. The molecule has 0 amide bonds. The Kier molecular flexibility index (Phi) is 3.72. The van der Waals surface area contributed by atoms with Gasteiger partial charge in [-0.3, -0.25) is 4.90 Å². The van der Waals surface area contributed by atoms with Crippen LogP contribution >= 0.6 is 11.8 Å². The SMILES string of the molecule is C1COC(C2COCCN2C2CCCS2)C1. The first-order chi connectivity index (χ1) is 7.95. The van der Waals surface area contributed by atoms with Crippen LogP contribution in [0.5, 0.6) is 0 Å². The van der Waals surface area contributed by atoms with E-state index in [9.17, 15) is 0 Å². The number of thioether (sulfide) groups is 1. The Morgan fingerprint density at radius 3 is 2.88 bits per heavy atom. The fourth-order valence-corrected chi connectivity index (χ4v) is 4.43. The molecule has 4 heteroatoms. The third-order valence-electron chi connectivity index (χ3n) is 3.88. The molecule has 0 spiro atoms. The van der Waals surface area contributed by atoms with E-state index in [1.807, 2.05) is 0 Å². The van der Waals surface area contributed by atoms with Crippen molar-refractivity contribution in [2.75, 3.05) is 32.1 Å². The van der Waals surface area contributed by atoms with Crippen LogP contribution in [0, 0.1) is 0 Å². The summed E-state index contributed by atoms with van der Waals surface area (Å²) in [4.78, 5) is 2.66. The standard InChI is InChI=1S/C12H21NO2S/c1-3-11(15-6-1)10-9-14-7-5-13(10)12-4-2-8-16-12/h10-12H,1-9H2. The molecule has 0 aliphatic carbocycles. The van der Waals surface area contributed by atoms with E-state index in [1.165, 1.54) is 31.4 Å². The van der Waals surface area contributed by atoms with E-state index in [4.69, 9.17) is 9.47 Å². The Hall–Kier alpha value is 0.230. The van der Waals surface area contributed by atoms with Gasteiger partial charge in [0.1, 0.15) is 0 Å². The van der Waals surface area contributed by atoms with Crippen molar-refractivity contribution in [2.24, 2.45) is 0 Å². The van der Waals surface area contributed by atoms with Gasteiger partial charge in [0.15, 0.2) is 0 Å². The summed E-state index contributed by atoms with van der Waals surface area (Å²) in [5, 5.41) is 0.734. The highest BCUT2D eigenvalue weighted by Crippen LogP contribution is 2.33. The highest BCUT2D eigenvalue weighted by Gasteiger charge is 2.37. The number of ether oxygens (including phenoxy) is 2. The molecule has 0 aromatic carbocycles. The molecule has 0 bridgehead atoms. The van der Waals surface area contributed by atoms with E-state index in [2.05, 4.69) is 16.7 Å². The second-order valence-corrected chi connectivity index (χ2v) is 6.18. The summed E-state index contributed by atoms with van der Waals surface area (Å²) in [6.07, 6.45) is 5.62. The molecule has 0 aromatic rings. The van der Waals surface area contributed by atoms with Crippen molar-refractivity contribution in [2.45, 2.75) is 43.2 Å². The maximum atomic E-state index is 5.85. The van der Waals surface area contributed by atoms with Crippen LogP contribution < -0.4 is 0 Å². The van der Waals surface area contributed by atoms with Crippen molar-refractivity contribution >= 4 is 11.8 Å². The van der Waals surface area contributed by atoms with Crippen molar-refractivity contribution in [3.05, 3.63) is 0 Å². The minimum absolute atomic E-state index is 0.432. The van der Waals surface area contributed by atoms with Gasteiger partial charge < -0.3 is 9.47 Å². The molecule has 3 heterocycles. The first-order valence-electron chi connectivity index (χ1n) is 6.52. The molecule has 0 saturated carbocycles. The van der Waals surface area contributed by atoms with Gasteiger partial charge in [0.2, 0.25) is 0 Å². The van der Waals surface area contributed by atoms with Crippen molar-refractivity contribution in [1.82, 2.24) is 4.90 Å². The van der Waals surface area contributed by atoms with Crippen LogP contribution in [0.1, 0.15) is 25.7 Å². The van der Waals surface area contributed by atoms with Gasteiger partial charge in [0, 0.05) is 13.2 Å². The number of hydrogen-bond donors (Lipinski definition) is 0. The second-order valence-electron chi connectivity index (χ2n) is 4.90. The molecule has 3 nitrogen and oxygen atoms in total. The summed E-state index contributed by atoms with van der Waals surface area (Å²) in [5.41, 5.74) is 0. The highest BCUT2D eigenvalue weighted by atomic mass is 32.2. The number of morpholine rings is 1. The molecule has 0 radical (unpaired) electrons. The molecule has 3 rings (SSSR count). The lowest BCUT2D eigenvalue weighted by Gasteiger charge is -2.41. The van der Waals surface area contributed by atoms with Crippen molar-refractivity contribution in [3.8, 4) is 0 Å². The van der Waals surface area contributed by atoms with Crippen molar-refractivity contribution in [1.29, 1.82) is 0 Å². The summed E-state index contributed by atoms with van der Waals surface area (Å²) >= 11 is 2.13. The monoisotopic (exact) mass is 243 g/mol. The van der Waals surface area contributed by atoms with E-state index in [-0.39, 0.29) is 0 Å². The molecule has 3 unspecified atom stereocenters. The van der Waals surface area contributed by atoms with E-state index in [0.717, 1.165) is 31.7 Å². The zero-order valence-corrected chi connectivity index (χ0v) is 10.6. The highest BCUT2D eigenvalue weighted by molar-refractivity contribution is 8.00. The van der Waals surface area contributed by atoms with E-state index in [1.54, 1.807) is 0 Å². The lowest BCUT2D eigenvalue weighted by Crippen LogP contribution is -2.54. The van der Waals surface area contributed by atoms with E-state index >= 15 is 0 Å². The largest absolute Gasteiger partial charge is 0.378 e. The minimum atomic E-state index is 0.432. The lowest BCUT2D eigenvalue weighted by molar-refractivity contribution is -0.0694.